The normalized spacial score (nSPS) is 17.9. The lowest BCUT2D eigenvalue weighted by molar-refractivity contribution is 0.196. The fraction of sp³-hybridized carbons (Fsp3) is 0.467. The Bertz CT molecular complexity index is 1520. The first-order valence-corrected chi connectivity index (χ1v) is 13.9. The molecule has 0 unspecified atom stereocenters. The second-order valence-electron chi connectivity index (χ2n) is 11.2. The molecule has 0 spiro atoms. The molecule has 38 heavy (non-hydrogen) atoms. The molecule has 1 saturated carbocycles. The van der Waals surface area contributed by atoms with E-state index in [2.05, 4.69) is 94.4 Å². The number of rotatable bonds is 5. The number of piperazine rings is 1. The summed E-state index contributed by atoms with van der Waals surface area (Å²) in [6.07, 6.45) is 4.55. The van der Waals surface area contributed by atoms with Crippen LogP contribution in [0.5, 0.6) is 0 Å². The van der Waals surface area contributed by atoms with E-state index in [9.17, 15) is 4.79 Å². The maximum atomic E-state index is 13.6. The molecule has 0 bridgehead atoms. The van der Waals surface area contributed by atoms with E-state index in [1.54, 1.807) is 0 Å². The van der Waals surface area contributed by atoms with E-state index >= 15 is 0 Å². The second kappa shape index (κ2) is 9.98. The van der Waals surface area contributed by atoms with Crippen LogP contribution < -0.4 is 10.5 Å². The number of nitrogens with zero attached hydrogens (tertiary/aromatic N) is 6. The Morgan fingerprint density at radius 1 is 0.895 bits per heavy atom. The van der Waals surface area contributed by atoms with E-state index in [1.807, 2.05) is 4.68 Å². The summed E-state index contributed by atoms with van der Waals surface area (Å²) in [5.41, 5.74) is 7.77. The summed E-state index contributed by atoms with van der Waals surface area (Å²) in [5.74, 6) is 0.783. The standard InChI is InChI=1S/C30H37N7O/c1-19-9-10-20(2)27(15-19)35-11-13-36(14-12-35)28(29-32-33-34-37(29)24-7-5-6-8-24)25-18-23-16-21(3)22(4)17-26(23)31-30(25)38/h9-10,15-18,24,28H,5-8,11-14H2,1-4H3,(H,31,38)/t28-/m0/s1. The lowest BCUT2D eigenvalue weighted by atomic mass is 10.00. The first kappa shape index (κ1) is 24.8. The van der Waals surface area contributed by atoms with Crippen molar-refractivity contribution in [2.24, 2.45) is 0 Å². The van der Waals surface area contributed by atoms with Crippen molar-refractivity contribution in [2.45, 2.75) is 65.5 Å². The fourth-order valence-electron chi connectivity index (χ4n) is 6.27. The molecule has 8 nitrogen and oxygen atoms in total. The molecule has 1 aliphatic heterocycles. The molecule has 1 aliphatic carbocycles. The smallest absolute Gasteiger partial charge is 0.253 e. The van der Waals surface area contributed by atoms with Crippen LogP contribution in [0.1, 0.15) is 71.4 Å². The van der Waals surface area contributed by atoms with Gasteiger partial charge < -0.3 is 9.88 Å². The lowest BCUT2D eigenvalue weighted by Crippen LogP contribution is -2.49. The molecular weight excluding hydrogens is 474 g/mol. The predicted molar refractivity (Wildman–Crippen MR) is 151 cm³/mol. The average Bonchev–Trinajstić information content (AvgIpc) is 3.60. The van der Waals surface area contributed by atoms with E-state index in [4.69, 9.17) is 0 Å². The van der Waals surface area contributed by atoms with Gasteiger partial charge in [0.25, 0.3) is 5.56 Å². The molecule has 2 aromatic heterocycles. The van der Waals surface area contributed by atoms with Gasteiger partial charge in [-0.2, -0.15) is 0 Å². The first-order chi connectivity index (χ1) is 18.4. The van der Waals surface area contributed by atoms with Gasteiger partial charge in [-0.25, -0.2) is 4.68 Å². The zero-order chi connectivity index (χ0) is 26.4. The van der Waals surface area contributed by atoms with Crippen LogP contribution in [-0.4, -0.2) is 56.3 Å². The number of hydrogen-bond acceptors (Lipinski definition) is 6. The topological polar surface area (TPSA) is 82.9 Å². The van der Waals surface area contributed by atoms with Crippen molar-refractivity contribution in [3.05, 3.63) is 80.4 Å². The van der Waals surface area contributed by atoms with Crippen molar-refractivity contribution in [3.63, 3.8) is 0 Å². The second-order valence-corrected chi connectivity index (χ2v) is 11.2. The van der Waals surface area contributed by atoms with Gasteiger partial charge >= 0.3 is 0 Å². The van der Waals surface area contributed by atoms with Crippen molar-refractivity contribution in [1.82, 2.24) is 30.1 Å². The largest absolute Gasteiger partial charge is 0.369 e. The van der Waals surface area contributed by atoms with Crippen LogP contribution in [0.4, 0.5) is 5.69 Å². The van der Waals surface area contributed by atoms with Crippen LogP contribution in [-0.2, 0) is 0 Å². The van der Waals surface area contributed by atoms with Gasteiger partial charge in [-0.3, -0.25) is 9.69 Å². The van der Waals surface area contributed by atoms with Crippen molar-refractivity contribution in [3.8, 4) is 0 Å². The van der Waals surface area contributed by atoms with E-state index in [1.165, 1.54) is 40.8 Å². The van der Waals surface area contributed by atoms with Crippen LogP contribution in [0.2, 0.25) is 0 Å². The highest BCUT2D eigenvalue weighted by Gasteiger charge is 2.35. The van der Waals surface area contributed by atoms with Gasteiger partial charge in [0.05, 0.1) is 6.04 Å². The summed E-state index contributed by atoms with van der Waals surface area (Å²) in [5, 5.41) is 14.2. The van der Waals surface area contributed by atoms with E-state index in [0.29, 0.717) is 6.04 Å². The molecule has 0 radical (unpaired) electrons. The zero-order valence-corrected chi connectivity index (χ0v) is 22.9. The van der Waals surface area contributed by atoms with Gasteiger partial charge in [-0.05, 0) is 103 Å². The number of H-pyrrole nitrogens is 1. The van der Waals surface area contributed by atoms with E-state index in [0.717, 1.165) is 61.3 Å². The number of hydrogen-bond donors (Lipinski definition) is 1. The highest BCUT2D eigenvalue weighted by molar-refractivity contribution is 5.81. The lowest BCUT2D eigenvalue weighted by Gasteiger charge is -2.40. The maximum absolute atomic E-state index is 13.6. The van der Waals surface area contributed by atoms with Crippen molar-refractivity contribution in [1.29, 1.82) is 0 Å². The number of aromatic nitrogens is 5. The summed E-state index contributed by atoms with van der Waals surface area (Å²) >= 11 is 0. The van der Waals surface area contributed by atoms with Gasteiger partial charge in [0, 0.05) is 42.9 Å². The fourth-order valence-corrected chi connectivity index (χ4v) is 6.27. The Balaban J connectivity index is 1.40. The van der Waals surface area contributed by atoms with Gasteiger partial charge in [0.15, 0.2) is 5.82 Å². The number of benzene rings is 2. The minimum atomic E-state index is -0.305. The third-order valence-corrected chi connectivity index (χ3v) is 8.60. The van der Waals surface area contributed by atoms with Crippen LogP contribution in [0.3, 0.4) is 0 Å². The average molecular weight is 512 g/mol. The van der Waals surface area contributed by atoms with Crippen LogP contribution in [0, 0.1) is 27.7 Å². The Morgan fingerprint density at radius 3 is 2.39 bits per heavy atom. The molecular formula is C30H37N7O. The number of fused-ring (bicyclic) bond motifs is 1. The first-order valence-electron chi connectivity index (χ1n) is 13.9. The highest BCUT2D eigenvalue weighted by Crippen LogP contribution is 2.35. The van der Waals surface area contributed by atoms with Gasteiger partial charge in [0.1, 0.15) is 6.04 Å². The van der Waals surface area contributed by atoms with Crippen molar-refractivity contribution >= 4 is 16.6 Å². The van der Waals surface area contributed by atoms with Gasteiger partial charge in [-0.1, -0.05) is 25.0 Å². The predicted octanol–water partition coefficient (Wildman–Crippen LogP) is 4.77. The van der Waals surface area contributed by atoms with Crippen LogP contribution in [0.15, 0.2) is 41.2 Å². The molecule has 4 aromatic rings. The number of pyridine rings is 1. The SMILES string of the molecule is Cc1ccc(C)c(N2CCN([C@@H](c3cc4cc(C)c(C)cc4[nH]c3=O)c3nnnn3C3CCCC3)CC2)c1. The van der Waals surface area contributed by atoms with Crippen molar-refractivity contribution < 1.29 is 0 Å². The summed E-state index contributed by atoms with van der Waals surface area (Å²) in [6, 6.07) is 12.9. The molecule has 2 fully saturated rings. The summed E-state index contributed by atoms with van der Waals surface area (Å²) in [6.45, 7) is 11.9. The molecule has 1 atom stereocenters. The number of aromatic amines is 1. The number of tetrazole rings is 1. The molecule has 6 rings (SSSR count). The summed E-state index contributed by atoms with van der Waals surface area (Å²) in [4.78, 5) is 21.7. The Kier molecular flexibility index (Phi) is 6.51. The monoisotopic (exact) mass is 511 g/mol. The van der Waals surface area contributed by atoms with E-state index < -0.39 is 0 Å². The van der Waals surface area contributed by atoms with Crippen LogP contribution >= 0.6 is 0 Å². The molecule has 0 amide bonds. The highest BCUT2D eigenvalue weighted by atomic mass is 16.1. The Labute approximate surface area is 223 Å². The van der Waals surface area contributed by atoms with Crippen molar-refractivity contribution in [2.75, 3.05) is 31.1 Å². The third kappa shape index (κ3) is 4.51. The molecule has 8 heteroatoms. The van der Waals surface area contributed by atoms with Crippen LogP contribution in [0.25, 0.3) is 10.9 Å². The number of anilines is 1. The van der Waals surface area contributed by atoms with E-state index in [-0.39, 0.29) is 11.6 Å². The molecule has 1 saturated heterocycles. The Hall–Kier alpha value is -3.52. The molecule has 2 aliphatic rings. The molecule has 2 aromatic carbocycles. The summed E-state index contributed by atoms with van der Waals surface area (Å²) < 4.78 is 2.01. The molecule has 3 heterocycles. The molecule has 1 N–H and O–H groups in total. The minimum absolute atomic E-state index is 0.0660. The number of nitrogens with one attached hydrogen (secondary N) is 1. The summed E-state index contributed by atoms with van der Waals surface area (Å²) in [7, 11) is 0. The third-order valence-electron chi connectivity index (χ3n) is 8.60. The quantitative estimate of drug-likeness (QED) is 0.415. The Morgan fingerprint density at radius 2 is 1.63 bits per heavy atom. The zero-order valence-electron chi connectivity index (χ0n) is 22.9. The maximum Gasteiger partial charge on any atom is 0.253 e. The minimum Gasteiger partial charge on any atom is -0.369 e. The number of aryl methyl sites for hydroxylation is 4. The van der Waals surface area contributed by atoms with Gasteiger partial charge in [0.2, 0.25) is 0 Å². The molecule has 198 valence electrons. The van der Waals surface area contributed by atoms with Gasteiger partial charge in [-0.15, -0.1) is 5.10 Å².